The van der Waals surface area contributed by atoms with Crippen LogP contribution in [0, 0.1) is 31.6 Å². The summed E-state index contributed by atoms with van der Waals surface area (Å²) in [6, 6.07) is 14.6. The van der Waals surface area contributed by atoms with Crippen molar-refractivity contribution < 1.29 is 19.0 Å². The predicted molar refractivity (Wildman–Crippen MR) is 124 cm³/mol. The molecular weight excluding hydrogens is 487 g/mol. The average molecular weight is 497 g/mol. The van der Waals surface area contributed by atoms with Crippen LogP contribution in [0.2, 0.25) is 10.0 Å². The van der Waals surface area contributed by atoms with Crippen LogP contribution in [0.1, 0.15) is 11.5 Å². The monoisotopic (exact) mass is 496 g/mol. The summed E-state index contributed by atoms with van der Waals surface area (Å²) in [5, 5.41) is 32.4. The van der Waals surface area contributed by atoms with Gasteiger partial charge in [-0.1, -0.05) is 35.3 Å². The van der Waals surface area contributed by atoms with E-state index in [1.807, 2.05) is 6.07 Å². The second kappa shape index (κ2) is 9.19. The number of hydrogen-bond donors (Lipinski definition) is 0. The first kappa shape index (κ1) is 22.7. The Hall–Kier alpha value is -4.46. The number of nitriles is 1. The van der Waals surface area contributed by atoms with E-state index in [4.69, 9.17) is 32.4 Å². The van der Waals surface area contributed by atoms with Crippen LogP contribution in [0.5, 0.6) is 11.5 Å². The third kappa shape index (κ3) is 4.52. The Morgan fingerprint density at radius 2 is 1.85 bits per heavy atom. The van der Waals surface area contributed by atoms with Crippen molar-refractivity contribution in [3.05, 3.63) is 96.3 Å². The lowest BCUT2D eigenvalue weighted by Gasteiger charge is -2.12. The maximum atomic E-state index is 11.5. The molecule has 1 heterocycles. The lowest BCUT2D eigenvalue weighted by atomic mass is 10.1. The fourth-order valence-electron chi connectivity index (χ4n) is 3.04. The van der Waals surface area contributed by atoms with Gasteiger partial charge in [0.15, 0.2) is 11.3 Å². The Balaban J connectivity index is 1.83. The van der Waals surface area contributed by atoms with Gasteiger partial charge in [0, 0.05) is 16.7 Å². The van der Waals surface area contributed by atoms with E-state index >= 15 is 0 Å². The molecule has 0 atom stereocenters. The molecule has 0 N–H and O–H groups in total. The smallest absolute Gasteiger partial charge is 0.318 e. The molecule has 0 radical (unpaired) electrons. The molecule has 0 aliphatic heterocycles. The van der Waals surface area contributed by atoms with E-state index in [2.05, 4.69) is 4.98 Å². The van der Waals surface area contributed by atoms with E-state index < -0.39 is 21.2 Å². The third-order valence-corrected chi connectivity index (χ3v) is 5.04. The van der Waals surface area contributed by atoms with Gasteiger partial charge in [-0.2, -0.15) is 5.26 Å². The predicted octanol–water partition coefficient (Wildman–Crippen LogP) is 6.81. The Kier molecular flexibility index (Phi) is 6.14. The normalized spacial score (nSPS) is 11.3. The minimum Gasteiger partial charge on any atom is -0.448 e. The van der Waals surface area contributed by atoms with Crippen molar-refractivity contribution in [2.75, 3.05) is 0 Å². The summed E-state index contributed by atoms with van der Waals surface area (Å²) in [4.78, 5) is 25.2. The molecule has 0 spiro atoms. The van der Waals surface area contributed by atoms with Crippen LogP contribution in [0.25, 0.3) is 22.7 Å². The molecule has 4 aromatic rings. The molecule has 0 amide bonds. The van der Waals surface area contributed by atoms with E-state index in [0.717, 1.165) is 18.2 Å². The van der Waals surface area contributed by atoms with Gasteiger partial charge in [0.2, 0.25) is 11.6 Å². The maximum absolute atomic E-state index is 11.5. The van der Waals surface area contributed by atoms with Crippen molar-refractivity contribution in [2.45, 2.75) is 0 Å². The summed E-state index contributed by atoms with van der Waals surface area (Å²) in [5.41, 5.74) is 0.0988. The topological polar surface area (TPSA) is 145 Å². The first-order valence-corrected chi connectivity index (χ1v) is 10.1. The van der Waals surface area contributed by atoms with Crippen molar-refractivity contribution in [3.8, 4) is 17.6 Å². The van der Waals surface area contributed by atoms with Crippen molar-refractivity contribution in [3.63, 3.8) is 0 Å². The van der Waals surface area contributed by atoms with E-state index in [1.54, 1.807) is 24.3 Å². The summed E-state index contributed by atoms with van der Waals surface area (Å²) in [5.74, 6) is -0.325. The van der Waals surface area contributed by atoms with Gasteiger partial charge in [-0.05, 0) is 36.4 Å². The number of oxazole rings is 1. The number of rotatable bonds is 6. The third-order valence-electron chi connectivity index (χ3n) is 4.54. The van der Waals surface area contributed by atoms with Crippen molar-refractivity contribution in [1.29, 1.82) is 5.26 Å². The minimum absolute atomic E-state index is 0.0117. The summed E-state index contributed by atoms with van der Waals surface area (Å²) in [6.45, 7) is 0. The maximum Gasteiger partial charge on any atom is 0.318 e. The Labute approximate surface area is 200 Å². The number of nitrogens with zero attached hydrogens (tertiary/aromatic N) is 4. The number of para-hydroxylation sites is 2. The summed E-state index contributed by atoms with van der Waals surface area (Å²) < 4.78 is 11.3. The molecule has 0 saturated carbocycles. The quantitative estimate of drug-likeness (QED) is 0.160. The molecule has 12 heteroatoms. The number of non-ortho nitro benzene ring substituents is 1. The van der Waals surface area contributed by atoms with Crippen molar-refractivity contribution >= 4 is 57.3 Å². The minimum atomic E-state index is -0.819. The van der Waals surface area contributed by atoms with Crippen LogP contribution >= 0.6 is 23.2 Å². The van der Waals surface area contributed by atoms with Crippen LogP contribution in [-0.4, -0.2) is 14.8 Å². The SMILES string of the molecule is N#C/C(=C\c1cc(Cl)cc(Cl)c1Oc1ccc([N+](=O)[O-])cc1[N+](=O)[O-])c1nc2ccccc2o1. The lowest BCUT2D eigenvalue weighted by molar-refractivity contribution is -0.394. The molecule has 0 bridgehead atoms. The molecule has 4 rings (SSSR count). The number of aromatic nitrogens is 1. The standard InChI is InChI=1S/C22H10Cl2N4O6/c23-14-8-12(7-13(11-25)22-26-17-3-1-2-4-19(17)34-22)21(16(24)9-14)33-20-6-5-15(27(29)30)10-18(20)28(31)32/h1-10H/b13-7+. The number of hydrogen-bond acceptors (Lipinski definition) is 8. The molecule has 10 nitrogen and oxygen atoms in total. The highest BCUT2D eigenvalue weighted by atomic mass is 35.5. The summed E-state index contributed by atoms with van der Waals surface area (Å²) >= 11 is 12.4. The van der Waals surface area contributed by atoms with E-state index in [-0.39, 0.29) is 38.6 Å². The van der Waals surface area contributed by atoms with E-state index in [9.17, 15) is 25.5 Å². The van der Waals surface area contributed by atoms with E-state index in [0.29, 0.717) is 11.1 Å². The molecule has 0 aliphatic carbocycles. The zero-order chi connectivity index (χ0) is 24.4. The number of nitro groups is 2. The Morgan fingerprint density at radius 1 is 1.09 bits per heavy atom. The Morgan fingerprint density at radius 3 is 2.53 bits per heavy atom. The number of fused-ring (bicyclic) bond motifs is 1. The zero-order valence-corrected chi connectivity index (χ0v) is 18.3. The van der Waals surface area contributed by atoms with Gasteiger partial charge >= 0.3 is 5.69 Å². The molecule has 0 aliphatic rings. The second-order valence-corrected chi connectivity index (χ2v) is 7.57. The van der Waals surface area contributed by atoms with Crippen LogP contribution < -0.4 is 4.74 Å². The molecule has 34 heavy (non-hydrogen) atoms. The van der Waals surface area contributed by atoms with Crippen molar-refractivity contribution in [2.24, 2.45) is 0 Å². The van der Waals surface area contributed by atoms with Gasteiger partial charge in [0.25, 0.3) is 5.69 Å². The molecule has 3 aromatic carbocycles. The van der Waals surface area contributed by atoms with Crippen LogP contribution in [0.3, 0.4) is 0 Å². The molecule has 1 aromatic heterocycles. The average Bonchev–Trinajstić information content (AvgIpc) is 3.23. The first-order chi connectivity index (χ1) is 16.3. The second-order valence-electron chi connectivity index (χ2n) is 6.73. The largest absolute Gasteiger partial charge is 0.448 e. The van der Waals surface area contributed by atoms with Crippen molar-refractivity contribution in [1.82, 2.24) is 4.98 Å². The molecule has 0 fully saturated rings. The van der Waals surface area contributed by atoms with Crippen LogP contribution in [0.4, 0.5) is 11.4 Å². The van der Waals surface area contributed by atoms with Gasteiger partial charge in [-0.25, -0.2) is 4.98 Å². The molecular formula is C22H10Cl2N4O6. The van der Waals surface area contributed by atoms with Gasteiger partial charge in [-0.15, -0.1) is 0 Å². The number of ether oxygens (including phenoxy) is 1. The highest BCUT2D eigenvalue weighted by Crippen LogP contribution is 2.41. The Bertz CT molecular complexity index is 1510. The fourth-order valence-corrected chi connectivity index (χ4v) is 3.59. The summed E-state index contributed by atoms with van der Waals surface area (Å²) in [6.07, 6.45) is 1.36. The van der Waals surface area contributed by atoms with Gasteiger partial charge in [0.05, 0.1) is 20.9 Å². The van der Waals surface area contributed by atoms with Crippen LogP contribution in [0.15, 0.2) is 59.0 Å². The highest BCUT2D eigenvalue weighted by molar-refractivity contribution is 6.36. The van der Waals surface area contributed by atoms with Gasteiger partial charge < -0.3 is 9.15 Å². The zero-order valence-electron chi connectivity index (χ0n) is 16.8. The number of nitro benzene ring substituents is 2. The number of allylic oxidation sites excluding steroid dienone is 1. The van der Waals surface area contributed by atoms with E-state index in [1.165, 1.54) is 18.2 Å². The first-order valence-electron chi connectivity index (χ1n) is 9.34. The highest BCUT2D eigenvalue weighted by Gasteiger charge is 2.23. The molecule has 168 valence electrons. The lowest BCUT2D eigenvalue weighted by Crippen LogP contribution is -1.97. The summed E-state index contributed by atoms with van der Waals surface area (Å²) in [7, 11) is 0. The number of benzene rings is 3. The van der Waals surface area contributed by atoms with Crippen LogP contribution in [-0.2, 0) is 0 Å². The van der Waals surface area contributed by atoms with Gasteiger partial charge in [-0.3, -0.25) is 20.2 Å². The molecule has 0 saturated heterocycles. The number of halogens is 2. The van der Waals surface area contributed by atoms with Gasteiger partial charge in [0.1, 0.15) is 17.2 Å². The fraction of sp³-hybridized carbons (Fsp3) is 0. The molecule has 0 unspecified atom stereocenters.